The number of carbonyl (C=O) groups is 1. The lowest BCUT2D eigenvalue weighted by Crippen LogP contribution is -2.17. The van der Waals surface area contributed by atoms with Crippen LogP contribution >= 0.6 is 0 Å². The summed E-state index contributed by atoms with van der Waals surface area (Å²) in [6.07, 6.45) is 1.01. The number of halogens is 3. The summed E-state index contributed by atoms with van der Waals surface area (Å²) in [7, 11) is 0. The van der Waals surface area contributed by atoms with Crippen molar-refractivity contribution in [2.75, 3.05) is 0 Å². The van der Waals surface area contributed by atoms with Crippen LogP contribution in [0.1, 0.15) is 21.5 Å². The zero-order chi connectivity index (χ0) is 22.6. The highest BCUT2D eigenvalue weighted by atomic mass is 19.4. The minimum atomic E-state index is -4.86. The molecule has 4 aromatic rings. The second-order valence-corrected chi connectivity index (χ2v) is 6.59. The van der Waals surface area contributed by atoms with E-state index in [0.717, 1.165) is 34.3 Å². The van der Waals surface area contributed by atoms with Gasteiger partial charge in [0.25, 0.3) is 0 Å². The van der Waals surface area contributed by atoms with Crippen LogP contribution in [0, 0.1) is 0 Å². The van der Waals surface area contributed by atoms with Gasteiger partial charge in [-0.1, -0.05) is 12.1 Å². The molecule has 0 saturated carbocycles. The van der Waals surface area contributed by atoms with Crippen molar-refractivity contribution in [3.8, 4) is 5.75 Å². The first-order chi connectivity index (χ1) is 15.4. The zero-order valence-corrected chi connectivity index (χ0v) is 16.2. The second kappa shape index (κ2) is 8.78. The van der Waals surface area contributed by atoms with Crippen molar-refractivity contribution in [1.29, 1.82) is 0 Å². The quantitative estimate of drug-likeness (QED) is 0.353. The first-order valence-corrected chi connectivity index (χ1v) is 9.25. The van der Waals surface area contributed by atoms with Crippen LogP contribution in [0.3, 0.4) is 0 Å². The molecule has 0 aliphatic carbocycles. The lowest BCUT2D eigenvalue weighted by molar-refractivity contribution is -0.274. The Morgan fingerprint density at radius 3 is 2.78 bits per heavy atom. The van der Waals surface area contributed by atoms with Crippen molar-refractivity contribution in [2.24, 2.45) is 10.2 Å². The average Bonchev–Trinajstić information content (AvgIpc) is 3.17. The predicted octanol–water partition coefficient (Wildman–Crippen LogP) is 4.89. The lowest BCUT2D eigenvalue weighted by atomic mass is 10.1. The molecule has 8 nitrogen and oxygen atoms in total. The van der Waals surface area contributed by atoms with Crippen LogP contribution in [-0.2, 0) is 6.42 Å². The highest BCUT2D eigenvalue weighted by Gasteiger charge is 2.31. The molecule has 0 radical (unpaired) electrons. The first-order valence-electron chi connectivity index (χ1n) is 9.25. The van der Waals surface area contributed by atoms with Gasteiger partial charge in [0, 0.05) is 30.4 Å². The summed E-state index contributed by atoms with van der Waals surface area (Å²) in [4.78, 5) is 27.0. The van der Waals surface area contributed by atoms with Crippen LogP contribution in [-0.4, -0.2) is 27.2 Å². The molecule has 0 bridgehead atoms. The van der Waals surface area contributed by atoms with E-state index in [9.17, 15) is 18.0 Å². The van der Waals surface area contributed by atoms with Crippen molar-refractivity contribution < 1.29 is 22.7 Å². The lowest BCUT2D eigenvalue weighted by Gasteiger charge is -2.08. The molecule has 1 aromatic carbocycles. The fraction of sp³-hybridized carbons (Fsp3) is 0.0952. The molecule has 0 spiro atoms. The molecule has 0 aliphatic heterocycles. The minimum Gasteiger partial charge on any atom is -0.406 e. The predicted molar refractivity (Wildman–Crippen MR) is 107 cm³/mol. The van der Waals surface area contributed by atoms with E-state index in [4.69, 9.17) is 0 Å². The highest BCUT2D eigenvalue weighted by molar-refractivity contribution is 5.94. The van der Waals surface area contributed by atoms with Crippen LogP contribution in [0.5, 0.6) is 5.75 Å². The maximum Gasteiger partial charge on any atom is 0.573 e. The normalized spacial score (nSPS) is 11.1. The number of carbonyl (C=O) groups excluding carboxylic acids is 1. The van der Waals surface area contributed by atoms with Crippen molar-refractivity contribution in [3.63, 3.8) is 0 Å². The number of hydrogen-bond donors (Lipinski definition) is 1. The minimum absolute atomic E-state index is 0.123. The third kappa shape index (κ3) is 5.21. The Hall–Kier alpha value is -4.37. The Bertz CT molecular complexity index is 1330. The molecule has 0 atom stereocenters. The van der Waals surface area contributed by atoms with Crippen molar-refractivity contribution in [2.45, 2.75) is 12.8 Å². The number of alkyl halides is 3. The van der Waals surface area contributed by atoms with Gasteiger partial charge in [-0.2, -0.15) is 0 Å². The summed E-state index contributed by atoms with van der Waals surface area (Å²) in [6, 6.07) is 11.8. The van der Waals surface area contributed by atoms with E-state index in [0.29, 0.717) is 6.42 Å². The van der Waals surface area contributed by atoms with Gasteiger partial charge in [0.15, 0.2) is 5.11 Å². The molecule has 3 heterocycles. The molecule has 0 unspecified atom stereocenters. The van der Waals surface area contributed by atoms with E-state index in [1.165, 1.54) is 12.1 Å². The van der Waals surface area contributed by atoms with Crippen molar-refractivity contribution in [1.82, 2.24) is 19.9 Å². The molecule has 3 aromatic heterocycles. The number of H-pyrrole nitrogens is 1. The number of ether oxygens (including phenoxy) is 1. The number of pyridine rings is 2. The highest BCUT2D eigenvalue weighted by Crippen LogP contribution is 2.23. The number of rotatable bonds is 5. The summed E-state index contributed by atoms with van der Waals surface area (Å²) in [5.74, 6) is -1.18. The van der Waals surface area contributed by atoms with Crippen LogP contribution < -0.4 is 9.65 Å². The monoisotopic (exact) mass is 439 g/mol. The van der Waals surface area contributed by atoms with Crippen LogP contribution in [0.25, 0.3) is 11.0 Å². The van der Waals surface area contributed by atoms with Crippen molar-refractivity contribution in [3.05, 3.63) is 83.8 Å². The Labute approximate surface area is 178 Å². The topological polar surface area (TPSA) is 107 Å². The third-order valence-electron chi connectivity index (χ3n) is 4.34. The van der Waals surface area contributed by atoms with Crippen molar-refractivity contribution >= 4 is 22.8 Å². The van der Waals surface area contributed by atoms with Gasteiger partial charge in [0.1, 0.15) is 11.4 Å². The number of nitrogens with one attached hydrogen (secondary N) is 1. The van der Waals surface area contributed by atoms with E-state index in [2.05, 4.69) is 34.8 Å². The maximum atomic E-state index is 12.3. The summed E-state index contributed by atoms with van der Waals surface area (Å²) >= 11 is 0. The average molecular weight is 439 g/mol. The number of benzene rings is 1. The van der Waals surface area contributed by atoms with Crippen LogP contribution in [0.4, 0.5) is 19.0 Å². The SMILES string of the molecule is O=C(N=[N+]=Nc1ccc(Cc2c[nH]c3ncccc23)cn1)c1cccc(OC(F)(F)F)c1. The van der Waals surface area contributed by atoms with Gasteiger partial charge < -0.3 is 9.72 Å². The standard InChI is InChI=1S/C21H13F3N6O2/c22-21(23,24)32-16-4-1-3-14(10-16)20(31)29-30-28-18-7-6-13(11-26-18)9-15-12-27-19-17(15)5-2-8-25-19/h1-8,10-12H,9H2/p+1. The van der Waals surface area contributed by atoms with E-state index in [1.54, 1.807) is 18.5 Å². The number of nitrogens with zero attached hydrogens (tertiary/aromatic N) is 5. The zero-order valence-electron chi connectivity index (χ0n) is 16.2. The Kier molecular flexibility index (Phi) is 5.73. The fourth-order valence-electron chi connectivity index (χ4n) is 2.95. The molecule has 32 heavy (non-hydrogen) atoms. The molecular weight excluding hydrogens is 425 g/mol. The Morgan fingerprint density at radius 2 is 2.00 bits per heavy atom. The van der Waals surface area contributed by atoms with Gasteiger partial charge >= 0.3 is 12.3 Å². The molecule has 11 heteroatoms. The number of aromatic amines is 1. The first kappa shape index (κ1) is 20.9. The molecule has 0 fully saturated rings. The molecular formula is C21H14F3N6O2+. The van der Waals surface area contributed by atoms with Gasteiger partial charge in [0.05, 0.1) is 5.56 Å². The van der Waals surface area contributed by atoms with E-state index < -0.39 is 18.0 Å². The number of amides is 1. The number of hydrogen-bond acceptors (Lipinski definition) is 5. The summed E-state index contributed by atoms with van der Waals surface area (Å²) in [5.41, 5.74) is 2.69. The van der Waals surface area contributed by atoms with Crippen LogP contribution in [0.2, 0.25) is 0 Å². The number of aromatic nitrogens is 3. The third-order valence-corrected chi connectivity index (χ3v) is 4.34. The van der Waals surface area contributed by atoms with E-state index >= 15 is 0 Å². The number of fused-ring (bicyclic) bond motifs is 1. The van der Waals surface area contributed by atoms with Gasteiger partial charge in [-0.05, 0) is 47.5 Å². The molecule has 4 rings (SSSR count). The Balaban J connectivity index is 1.42. The molecule has 0 saturated heterocycles. The van der Waals surface area contributed by atoms with E-state index in [-0.39, 0.29) is 11.4 Å². The van der Waals surface area contributed by atoms with E-state index in [1.807, 2.05) is 24.4 Å². The van der Waals surface area contributed by atoms with Gasteiger partial charge in [-0.15, -0.1) is 13.2 Å². The van der Waals surface area contributed by atoms with Gasteiger partial charge in [0.2, 0.25) is 15.8 Å². The van der Waals surface area contributed by atoms with Crippen LogP contribution in [0.15, 0.2) is 77.3 Å². The smallest absolute Gasteiger partial charge is 0.406 e. The largest absolute Gasteiger partial charge is 0.573 e. The Morgan fingerprint density at radius 1 is 1.12 bits per heavy atom. The van der Waals surface area contributed by atoms with Gasteiger partial charge in [-0.3, -0.25) is 4.79 Å². The molecule has 0 aliphatic rings. The molecule has 160 valence electrons. The molecule has 1 amide bonds. The maximum absolute atomic E-state index is 12.3. The molecule has 1 N–H and O–H groups in total. The summed E-state index contributed by atoms with van der Waals surface area (Å²) < 4.78 is 40.7. The van der Waals surface area contributed by atoms with Gasteiger partial charge in [-0.25, -0.2) is 9.97 Å². The fourth-order valence-corrected chi connectivity index (χ4v) is 2.95. The second-order valence-electron chi connectivity index (χ2n) is 6.59. The summed E-state index contributed by atoms with van der Waals surface area (Å²) in [6.45, 7) is 0. The summed E-state index contributed by atoms with van der Waals surface area (Å²) in [5, 5.41) is 8.14.